The first-order valence-corrected chi connectivity index (χ1v) is 10.6. The van der Waals surface area contributed by atoms with Gasteiger partial charge < -0.3 is 9.47 Å². The summed E-state index contributed by atoms with van der Waals surface area (Å²) in [6.07, 6.45) is 1.47. The number of amides is 2. The summed E-state index contributed by atoms with van der Waals surface area (Å²) in [6, 6.07) is 11.3. The summed E-state index contributed by atoms with van der Waals surface area (Å²) in [5, 5.41) is 4.81. The summed E-state index contributed by atoms with van der Waals surface area (Å²) in [7, 11) is 0. The standard InChI is InChI=1S/C20H16Br2N2O4S/c1-2-27-16-9-12(7-14-18(25)23-20(29)24-19(14)26)8-15(22)17(16)28-10-11-3-5-13(21)6-4-11/h3-9H,2,10H2,1H3,(H2,23,24,25,26,29). The molecule has 0 spiro atoms. The zero-order valence-electron chi connectivity index (χ0n) is 15.3. The van der Waals surface area contributed by atoms with Gasteiger partial charge in [0.05, 0.1) is 11.1 Å². The van der Waals surface area contributed by atoms with Crippen molar-refractivity contribution in [3.63, 3.8) is 0 Å². The number of hydrogen-bond donors (Lipinski definition) is 2. The van der Waals surface area contributed by atoms with Crippen LogP contribution in [-0.2, 0) is 16.2 Å². The Balaban J connectivity index is 1.88. The second-order valence-corrected chi connectivity index (χ2v) is 8.15. The molecule has 2 aromatic rings. The van der Waals surface area contributed by atoms with Crippen molar-refractivity contribution in [1.82, 2.24) is 10.6 Å². The highest BCUT2D eigenvalue weighted by Crippen LogP contribution is 2.38. The molecule has 3 rings (SSSR count). The number of thiocarbonyl (C=S) groups is 1. The van der Waals surface area contributed by atoms with Gasteiger partial charge in [-0.3, -0.25) is 20.2 Å². The average Bonchev–Trinajstić information content (AvgIpc) is 2.65. The molecule has 0 radical (unpaired) electrons. The van der Waals surface area contributed by atoms with Crippen LogP contribution in [0.15, 0.2) is 50.9 Å². The van der Waals surface area contributed by atoms with Crippen molar-refractivity contribution in [3.05, 3.63) is 62.0 Å². The van der Waals surface area contributed by atoms with Gasteiger partial charge in [0, 0.05) is 4.47 Å². The minimum atomic E-state index is -0.552. The molecule has 1 aliphatic rings. The van der Waals surface area contributed by atoms with E-state index in [4.69, 9.17) is 21.7 Å². The average molecular weight is 540 g/mol. The van der Waals surface area contributed by atoms with Crippen LogP contribution in [0.1, 0.15) is 18.1 Å². The molecule has 150 valence electrons. The van der Waals surface area contributed by atoms with E-state index >= 15 is 0 Å². The highest BCUT2D eigenvalue weighted by molar-refractivity contribution is 9.10. The van der Waals surface area contributed by atoms with E-state index in [1.165, 1.54) is 6.08 Å². The third kappa shape index (κ3) is 5.43. The van der Waals surface area contributed by atoms with Crippen LogP contribution in [0.5, 0.6) is 11.5 Å². The molecule has 1 aliphatic heterocycles. The molecule has 1 saturated heterocycles. The Morgan fingerprint density at radius 3 is 2.31 bits per heavy atom. The Bertz CT molecular complexity index is 984. The lowest BCUT2D eigenvalue weighted by Crippen LogP contribution is -2.51. The van der Waals surface area contributed by atoms with Crippen LogP contribution >= 0.6 is 44.1 Å². The number of ether oxygens (including phenoxy) is 2. The van der Waals surface area contributed by atoms with E-state index in [2.05, 4.69) is 42.5 Å². The van der Waals surface area contributed by atoms with Gasteiger partial charge in [-0.25, -0.2) is 0 Å². The molecule has 0 aliphatic carbocycles. The molecule has 0 atom stereocenters. The number of halogens is 2. The minimum absolute atomic E-state index is 0.00924. The van der Waals surface area contributed by atoms with Gasteiger partial charge in [0.25, 0.3) is 11.8 Å². The van der Waals surface area contributed by atoms with E-state index < -0.39 is 11.8 Å². The quantitative estimate of drug-likeness (QED) is 0.328. The molecule has 2 amide bonds. The SMILES string of the molecule is CCOc1cc(C=C2C(=O)NC(=S)NC2=O)cc(Br)c1OCc1ccc(Br)cc1. The maximum atomic E-state index is 12.1. The molecular weight excluding hydrogens is 524 g/mol. The zero-order valence-corrected chi connectivity index (χ0v) is 19.2. The number of benzene rings is 2. The number of rotatable bonds is 6. The Morgan fingerprint density at radius 2 is 1.69 bits per heavy atom. The molecule has 6 nitrogen and oxygen atoms in total. The van der Waals surface area contributed by atoms with Gasteiger partial charge in [-0.15, -0.1) is 0 Å². The maximum Gasteiger partial charge on any atom is 0.263 e. The molecule has 1 heterocycles. The van der Waals surface area contributed by atoms with Gasteiger partial charge in [0.2, 0.25) is 0 Å². The van der Waals surface area contributed by atoms with Gasteiger partial charge >= 0.3 is 0 Å². The number of hydrogen-bond acceptors (Lipinski definition) is 5. The summed E-state index contributed by atoms with van der Waals surface area (Å²) in [6.45, 7) is 2.64. The monoisotopic (exact) mass is 538 g/mol. The fraction of sp³-hybridized carbons (Fsp3) is 0.150. The Labute approximate surface area is 189 Å². The Kier molecular flexibility index (Phi) is 7.05. The van der Waals surface area contributed by atoms with Crippen LogP contribution in [0.3, 0.4) is 0 Å². The van der Waals surface area contributed by atoms with Crippen LogP contribution in [0.4, 0.5) is 0 Å². The fourth-order valence-electron chi connectivity index (χ4n) is 2.58. The normalized spacial score (nSPS) is 13.6. The van der Waals surface area contributed by atoms with Crippen LogP contribution < -0.4 is 20.1 Å². The van der Waals surface area contributed by atoms with Crippen molar-refractivity contribution in [1.29, 1.82) is 0 Å². The molecule has 2 aromatic carbocycles. The first-order chi connectivity index (χ1) is 13.9. The number of carbonyl (C=O) groups is 2. The van der Waals surface area contributed by atoms with Crippen molar-refractivity contribution < 1.29 is 19.1 Å². The summed E-state index contributed by atoms with van der Waals surface area (Å²) in [5.41, 5.74) is 1.56. The van der Waals surface area contributed by atoms with Gasteiger partial charge in [-0.05, 0) is 76.5 Å². The fourth-order valence-corrected chi connectivity index (χ4v) is 3.61. The molecule has 2 N–H and O–H groups in total. The molecule has 29 heavy (non-hydrogen) atoms. The summed E-state index contributed by atoms with van der Waals surface area (Å²) in [5.74, 6) is -0.0691. The van der Waals surface area contributed by atoms with Crippen LogP contribution in [-0.4, -0.2) is 23.5 Å². The molecule has 1 fully saturated rings. The summed E-state index contributed by atoms with van der Waals surface area (Å²) in [4.78, 5) is 24.1. The number of nitrogens with one attached hydrogen (secondary N) is 2. The molecule has 9 heteroatoms. The predicted molar refractivity (Wildman–Crippen MR) is 121 cm³/mol. The minimum Gasteiger partial charge on any atom is -0.490 e. The maximum absolute atomic E-state index is 12.1. The second-order valence-electron chi connectivity index (χ2n) is 5.97. The molecule has 0 saturated carbocycles. The van der Waals surface area contributed by atoms with Crippen molar-refractivity contribution in [2.45, 2.75) is 13.5 Å². The molecule has 0 bridgehead atoms. The van der Waals surface area contributed by atoms with Gasteiger partial charge in [0.15, 0.2) is 16.6 Å². The summed E-state index contributed by atoms with van der Waals surface area (Å²) < 4.78 is 13.3. The first kappa shape index (κ1) is 21.5. The zero-order chi connectivity index (χ0) is 21.0. The molecule has 0 unspecified atom stereocenters. The van der Waals surface area contributed by atoms with Gasteiger partial charge in [-0.1, -0.05) is 28.1 Å². The van der Waals surface area contributed by atoms with E-state index in [0.29, 0.717) is 34.7 Å². The highest BCUT2D eigenvalue weighted by Gasteiger charge is 2.26. The largest absolute Gasteiger partial charge is 0.490 e. The topological polar surface area (TPSA) is 76.7 Å². The Hall–Kier alpha value is -2.23. The highest BCUT2D eigenvalue weighted by atomic mass is 79.9. The van der Waals surface area contributed by atoms with E-state index in [1.807, 2.05) is 31.2 Å². The van der Waals surface area contributed by atoms with Crippen LogP contribution in [0.25, 0.3) is 6.08 Å². The van der Waals surface area contributed by atoms with E-state index in [9.17, 15) is 9.59 Å². The Morgan fingerprint density at radius 1 is 1.03 bits per heavy atom. The van der Waals surface area contributed by atoms with Gasteiger partial charge in [-0.2, -0.15) is 0 Å². The number of carbonyl (C=O) groups excluding carboxylic acids is 2. The van der Waals surface area contributed by atoms with Crippen molar-refractivity contribution >= 4 is 67.1 Å². The predicted octanol–water partition coefficient (Wildman–Crippen LogP) is 4.10. The van der Waals surface area contributed by atoms with E-state index in [0.717, 1.165) is 10.0 Å². The molecule has 0 aromatic heterocycles. The van der Waals surface area contributed by atoms with Crippen molar-refractivity contribution in [2.24, 2.45) is 0 Å². The third-order valence-corrected chi connectivity index (χ3v) is 5.20. The van der Waals surface area contributed by atoms with Gasteiger partial charge in [0.1, 0.15) is 12.2 Å². The summed E-state index contributed by atoms with van der Waals surface area (Å²) >= 11 is 11.7. The second kappa shape index (κ2) is 9.51. The first-order valence-electron chi connectivity index (χ1n) is 8.59. The smallest absolute Gasteiger partial charge is 0.263 e. The van der Waals surface area contributed by atoms with Crippen LogP contribution in [0, 0.1) is 0 Å². The van der Waals surface area contributed by atoms with Crippen molar-refractivity contribution in [2.75, 3.05) is 6.61 Å². The lowest BCUT2D eigenvalue weighted by Gasteiger charge is -2.17. The lowest BCUT2D eigenvalue weighted by molar-refractivity contribution is -0.123. The lowest BCUT2D eigenvalue weighted by atomic mass is 10.1. The van der Waals surface area contributed by atoms with E-state index in [1.54, 1.807) is 12.1 Å². The van der Waals surface area contributed by atoms with E-state index in [-0.39, 0.29) is 10.7 Å². The van der Waals surface area contributed by atoms with Crippen LogP contribution in [0.2, 0.25) is 0 Å². The third-order valence-electron chi connectivity index (χ3n) is 3.88. The molecular formula is C20H16Br2N2O4S. The van der Waals surface area contributed by atoms with Crippen molar-refractivity contribution in [3.8, 4) is 11.5 Å².